The van der Waals surface area contributed by atoms with E-state index in [0.717, 1.165) is 30.2 Å². The van der Waals surface area contributed by atoms with Crippen molar-refractivity contribution in [1.29, 1.82) is 0 Å². The van der Waals surface area contributed by atoms with Crippen LogP contribution in [-0.2, 0) is 12.6 Å². The maximum Gasteiger partial charge on any atom is 0.416 e. The number of alkyl halides is 3. The second kappa shape index (κ2) is 7.38. The van der Waals surface area contributed by atoms with Gasteiger partial charge in [0.15, 0.2) is 0 Å². The molecule has 2 aromatic rings. The molecule has 0 spiro atoms. The summed E-state index contributed by atoms with van der Waals surface area (Å²) in [5.74, 6) is 0.690. The second-order valence-corrected chi connectivity index (χ2v) is 7.87. The summed E-state index contributed by atoms with van der Waals surface area (Å²) in [7, 11) is 0. The lowest BCUT2D eigenvalue weighted by atomic mass is 9.81. The molecule has 1 aliphatic heterocycles. The van der Waals surface area contributed by atoms with Gasteiger partial charge in [-0.1, -0.05) is 13.0 Å². The number of benzene rings is 1. The van der Waals surface area contributed by atoms with Crippen LogP contribution < -0.4 is 11.1 Å². The topological polar surface area (TPSA) is 38.0 Å². The summed E-state index contributed by atoms with van der Waals surface area (Å²) in [5, 5.41) is 5.52. The summed E-state index contributed by atoms with van der Waals surface area (Å²) < 4.78 is 39.1. The van der Waals surface area contributed by atoms with Gasteiger partial charge in [0.2, 0.25) is 0 Å². The van der Waals surface area contributed by atoms with Crippen molar-refractivity contribution in [3.63, 3.8) is 0 Å². The van der Waals surface area contributed by atoms with Gasteiger partial charge in [-0.25, -0.2) is 0 Å². The third-order valence-corrected chi connectivity index (χ3v) is 5.93. The molecule has 0 saturated carbocycles. The molecule has 1 aromatic heterocycles. The van der Waals surface area contributed by atoms with Crippen molar-refractivity contribution in [1.82, 2.24) is 0 Å². The predicted octanol–water partition coefficient (Wildman–Crippen LogP) is 5.47. The van der Waals surface area contributed by atoms with Crippen LogP contribution in [0.2, 0.25) is 0 Å². The van der Waals surface area contributed by atoms with Crippen molar-refractivity contribution in [2.45, 2.75) is 38.4 Å². The Morgan fingerprint density at radius 3 is 2.76 bits per heavy atom. The highest BCUT2D eigenvalue weighted by atomic mass is 32.1. The summed E-state index contributed by atoms with van der Waals surface area (Å²) in [5.41, 5.74) is 6.72. The number of nitrogens with one attached hydrogen (secondary N) is 1. The zero-order valence-corrected chi connectivity index (χ0v) is 15.0. The van der Waals surface area contributed by atoms with Crippen molar-refractivity contribution in [3.8, 4) is 0 Å². The van der Waals surface area contributed by atoms with Gasteiger partial charge in [-0.05, 0) is 72.9 Å². The Morgan fingerprint density at radius 2 is 2.12 bits per heavy atom. The Hall–Kier alpha value is -1.53. The van der Waals surface area contributed by atoms with E-state index in [9.17, 15) is 13.2 Å². The first kappa shape index (κ1) is 18.3. The monoisotopic (exact) mass is 368 g/mol. The molecule has 0 fully saturated rings. The fourth-order valence-electron chi connectivity index (χ4n) is 3.42. The van der Waals surface area contributed by atoms with E-state index < -0.39 is 11.7 Å². The minimum Gasteiger partial charge on any atom is -0.377 e. The first-order valence-electron chi connectivity index (χ1n) is 8.58. The van der Waals surface area contributed by atoms with Crippen LogP contribution in [0.3, 0.4) is 0 Å². The van der Waals surface area contributed by atoms with E-state index in [1.165, 1.54) is 10.9 Å². The van der Waals surface area contributed by atoms with Crippen LogP contribution in [-0.4, -0.2) is 6.54 Å². The van der Waals surface area contributed by atoms with Gasteiger partial charge in [-0.2, -0.15) is 13.2 Å². The number of hydrogen-bond donors (Lipinski definition) is 2. The smallest absolute Gasteiger partial charge is 0.377 e. The number of hydrogen-bond acceptors (Lipinski definition) is 3. The molecule has 0 aliphatic carbocycles. The molecule has 0 radical (unpaired) electrons. The molecule has 0 bridgehead atoms. The molecule has 136 valence electrons. The Bertz CT molecular complexity index is 697. The Balaban J connectivity index is 1.87. The molecule has 25 heavy (non-hydrogen) atoms. The van der Waals surface area contributed by atoms with E-state index in [1.807, 2.05) is 11.4 Å². The fourth-order valence-corrected chi connectivity index (χ4v) is 4.29. The number of halogens is 3. The fraction of sp³-hybridized carbons (Fsp3) is 0.474. The van der Waals surface area contributed by atoms with Crippen LogP contribution in [0.15, 0.2) is 35.7 Å². The van der Waals surface area contributed by atoms with Gasteiger partial charge >= 0.3 is 6.18 Å². The lowest BCUT2D eigenvalue weighted by molar-refractivity contribution is -0.137. The molecular weight excluding hydrogens is 345 g/mol. The van der Waals surface area contributed by atoms with E-state index in [1.54, 1.807) is 17.4 Å². The summed E-state index contributed by atoms with van der Waals surface area (Å²) >= 11 is 1.69. The summed E-state index contributed by atoms with van der Waals surface area (Å²) in [6, 6.07) is 8.28. The van der Waals surface area contributed by atoms with Crippen LogP contribution in [0.1, 0.15) is 41.8 Å². The zero-order chi connectivity index (χ0) is 18.0. The normalized spacial score (nSPS) is 21.5. The largest absolute Gasteiger partial charge is 0.416 e. The van der Waals surface area contributed by atoms with E-state index in [0.29, 0.717) is 18.9 Å². The molecule has 3 rings (SSSR count). The van der Waals surface area contributed by atoms with Crippen LogP contribution in [0.4, 0.5) is 18.9 Å². The molecule has 6 heteroatoms. The molecule has 2 heterocycles. The molecule has 3 N–H and O–H groups in total. The highest BCUT2D eigenvalue weighted by molar-refractivity contribution is 7.10. The summed E-state index contributed by atoms with van der Waals surface area (Å²) in [6.07, 6.45) is -1.71. The van der Waals surface area contributed by atoms with Crippen LogP contribution >= 0.6 is 11.3 Å². The minimum atomic E-state index is -4.30. The molecule has 2 nitrogen and oxygen atoms in total. The molecule has 3 atom stereocenters. The van der Waals surface area contributed by atoms with Gasteiger partial charge in [-0.15, -0.1) is 11.3 Å². The SMILES string of the molecule is C[C@H](CN)CC[C@H]1Cc2cc(C(F)(F)F)ccc2NC1c1cccs1. The standard InChI is InChI=1S/C19H23F3N2S/c1-12(11-23)4-5-13-9-14-10-15(19(20,21)22)6-7-16(14)24-18(13)17-3-2-8-25-17/h2-3,6-8,10,12-13,18,24H,4-5,9,11,23H2,1H3/t12-,13-,18?/m0/s1. The maximum atomic E-state index is 13.0. The van der Waals surface area contributed by atoms with Crippen LogP contribution in [0.25, 0.3) is 0 Å². The van der Waals surface area contributed by atoms with Crippen LogP contribution in [0, 0.1) is 11.8 Å². The number of rotatable bonds is 5. The van der Waals surface area contributed by atoms with Crippen molar-refractivity contribution >= 4 is 17.0 Å². The molecule has 1 aliphatic rings. The van der Waals surface area contributed by atoms with E-state index in [4.69, 9.17) is 5.73 Å². The van der Waals surface area contributed by atoms with Gasteiger partial charge in [-0.3, -0.25) is 0 Å². The summed E-state index contributed by atoms with van der Waals surface area (Å²) in [6.45, 7) is 2.75. The zero-order valence-electron chi connectivity index (χ0n) is 14.1. The Morgan fingerprint density at radius 1 is 1.32 bits per heavy atom. The van der Waals surface area contributed by atoms with Gasteiger partial charge in [0.25, 0.3) is 0 Å². The third kappa shape index (κ3) is 4.18. The van der Waals surface area contributed by atoms with Gasteiger partial charge in [0.1, 0.15) is 0 Å². The van der Waals surface area contributed by atoms with Crippen molar-refractivity contribution in [3.05, 3.63) is 51.7 Å². The lowest BCUT2D eigenvalue weighted by Crippen LogP contribution is -2.28. The lowest BCUT2D eigenvalue weighted by Gasteiger charge is -2.35. The third-order valence-electron chi connectivity index (χ3n) is 4.98. The highest BCUT2D eigenvalue weighted by Gasteiger charge is 2.34. The minimum absolute atomic E-state index is 0.147. The van der Waals surface area contributed by atoms with E-state index >= 15 is 0 Å². The number of nitrogens with two attached hydrogens (primary N) is 1. The number of thiophene rings is 1. The Labute approximate surface area is 150 Å². The highest BCUT2D eigenvalue weighted by Crippen LogP contribution is 2.42. The van der Waals surface area contributed by atoms with Gasteiger partial charge in [0.05, 0.1) is 11.6 Å². The van der Waals surface area contributed by atoms with E-state index in [-0.39, 0.29) is 12.0 Å². The predicted molar refractivity (Wildman–Crippen MR) is 96.8 cm³/mol. The first-order valence-corrected chi connectivity index (χ1v) is 9.46. The van der Waals surface area contributed by atoms with E-state index in [2.05, 4.69) is 18.3 Å². The van der Waals surface area contributed by atoms with Gasteiger partial charge in [0, 0.05) is 10.6 Å². The van der Waals surface area contributed by atoms with Gasteiger partial charge < -0.3 is 11.1 Å². The average Bonchev–Trinajstić information content (AvgIpc) is 3.11. The van der Waals surface area contributed by atoms with Crippen molar-refractivity contribution < 1.29 is 13.2 Å². The van der Waals surface area contributed by atoms with Crippen molar-refractivity contribution in [2.75, 3.05) is 11.9 Å². The van der Waals surface area contributed by atoms with Crippen molar-refractivity contribution in [2.24, 2.45) is 17.6 Å². The second-order valence-electron chi connectivity index (χ2n) is 6.89. The molecule has 1 aromatic carbocycles. The average molecular weight is 368 g/mol. The van der Waals surface area contributed by atoms with Crippen LogP contribution in [0.5, 0.6) is 0 Å². The molecule has 0 saturated heterocycles. The number of anilines is 1. The maximum absolute atomic E-state index is 13.0. The molecular formula is C19H23F3N2S. The first-order chi connectivity index (χ1) is 11.9. The Kier molecular flexibility index (Phi) is 5.39. The molecule has 1 unspecified atom stereocenters. The number of fused-ring (bicyclic) bond motifs is 1. The molecule has 0 amide bonds. The quantitative estimate of drug-likeness (QED) is 0.735. The summed E-state index contributed by atoms with van der Waals surface area (Å²) in [4.78, 5) is 1.23.